The van der Waals surface area contributed by atoms with Crippen molar-refractivity contribution in [3.05, 3.63) is 61.1 Å². The Hall–Kier alpha value is -2.46. The van der Waals surface area contributed by atoms with Gasteiger partial charge in [0, 0.05) is 36.3 Å². The number of aryl methyl sites for hydroxylation is 1. The molecule has 2 heterocycles. The van der Waals surface area contributed by atoms with Crippen LogP contribution in [0.5, 0.6) is 0 Å². The fourth-order valence-corrected chi connectivity index (χ4v) is 2.58. The van der Waals surface area contributed by atoms with E-state index in [1.165, 1.54) is 0 Å². The van der Waals surface area contributed by atoms with Crippen molar-refractivity contribution in [1.29, 1.82) is 0 Å². The fourth-order valence-electron chi connectivity index (χ4n) is 2.58. The minimum absolute atomic E-state index is 0.945. The summed E-state index contributed by atoms with van der Waals surface area (Å²) in [5.41, 5.74) is 4.44. The van der Waals surface area contributed by atoms with Crippen molar-refractivity contribution in [2.45, 2.75) is 13.0 Å². The van der Waals surface area contributed by atoms with Crippen LogP contribution < -0.4 is 0 Å². The lowest BCUT2D eigenvalue weighted by Gasteiger charge is -2.08. The van der Waals surface area contributed by atoms with Crippen molar-refractivity contribution < 1.29 is 0 Å². The maximum absolute atomic E-state index is 4.69. The van der Waals surface area contributed by atoms with Gasteiger partial charge in [0.25, 0.3) is 0 Å². The molecule has 0 radical (unpaired) electrons. The van der Waals surface area contributed by atoms with Crippen molar-refractivity contribution >= 4 is 0 Å². The lowest BCUT2D eigenvalue weighted by Crippen LogP contribution is -2.15. The molecular weight excluding hydrogens is 284 g/mol. The minimum Gasteiger partial charge on any atom is -0.309 e. The number of nitrogens with zero attached hydrogens (tertiary/aromatic N) is 4. The van der Waals surface area contributed by atoms with E-state index in [9.17, 15) is 0 Å². The van der Waals surface area contributed by atoms with E-state index in [4.69, 9.17) is 5.10 Å². The van der Waals surface area contributed by atoms with Gasteiger partial charge in [-0.15, -0.1) is 0 Å². The van der Waals surface area contributed by atoms with Gasteiger partial charge in [-0.1, -0.05) is 24.3 Å². The Morgan fingerprint density at radius 3 is 2.61 bits per heavy atom. The molecule has 3 aromatic rings. The summed E-state index contributed by atoms with van der Waals surface area (Å²) >= 11 is 0. The van der Waals surface area contributed by atoms with E-state index in [1.54, 1.807) is 6.20 Å². The molecule has 0 unspecified atom stereocenters. The maximum atomic E-state index is 4.69. The summed E-state index contributed by atoms with van der Waals surface area (Å²) in [5, 5.41) is 4.69. The van der Waals surface area contributed by atoms with Gasteiger partial charge in [0.05, 0.1) is 5.69 Å². The van der Waals surface area contributed by atoms with Gasteiger partial charge in [-0.25, -0.2) is 0 Å². The normalized spacial score (nSPS) is 11.1. The Morgan fingerprint density at radius 1 is 1.00 bits per heavy atom. The zero-order valence-electron chi connectivity index (χ0n) is 13.7. The van der Waals surface area contributed by atoms with E-state index in [0.29, 0.717) is 0 Å². The number of hydrogen-bond donors (Lipinski definition) is 0. The average Bonchev–Trinajstić information content (AvgIpc) is 3.04. The van der Waals surface area contributed by atoms with Crippen molar-refractivity contribution in [3.63, 3.8) is 0 Å². The van der Waals surface area contributed by atoms with Gasteiger partial charge in [0.1, 0.15) is 0 Å². The molecule has 1 aromatic carbocycles. The highest BCUT2D eigenvalue weighted by Crippen LogP contribution is 2.24. The Kier molecular flexibility index (Phi) is 4.83. The number of hydrogen-bond acceptors (Lipinski definition) is 3. The topological polar surface area (TPSA) is 34.0 Å². The zero-order valence-corrected chi connectivity index (χ0v) is 13.7. The van der Waals surface area contributed by atoms with Crippen LogP contribution in [-0.4, -0.2) is 40.3 Å². The molecular formula is C19H22N4. The molecule has 2 aromatic heterocycles. The van der Waals surface area contributed by atoms with Gasteiger partial charge in [0.15, 0.2) is 0 Å². The summed E-state index contributed by atoms with van der Waals surface area (Å²) in [4.78, 5) is 6.39. The molecule has 0 aliphatic carbocycles. The highest BCUT2D eigenvalue weighted by Gasteiger charge is 2.05. The van der Waals surface area contributed by atoms with Gasteiger partial charge >= 0.3 is 0 Å². The molecule has 0 aliphatic rings. The summed E-state index contributed by atoms with van der Waals surface area (Å²) in [6, 6.07) is 14.6. The summed E-state index contributed by atoms with van der Waals surface area (Å²) in [6.45, 7) is 2.02. The molecule has 0 saturated heterocycles. The summed E-state index contributed by atoms with van der Waals surface area (Å²) in [5.74, 6) is 0. The lowest BCUT2D eigenvalue weighted by molar-refractivity contribution is 0.381. The van der Waals surface area contributed by atoms with Crippen molar-refractivity contribution in [1.82, 2.24) is 19.7 Å². The first kappa shape index (κ1) is 15.4. The second kappa shape index (κ2) is 7.20. The molecule has 4 nitrogen and oxygen atoms in total. The van der Waals surface area contributed by atoms with E-state index >= 15 is 0 Å². The van der Waals surface area contributed by atoms with E-state index in [2.05, 4.69) is 66.6 Å². The highest BCUT2D eigenvalue weighted by atomic mass is 15.3. The smallest absolute Gasteiger partial charge is 0.0923 e. The summed E-state index contributed by atoms with van der Waals surface area (Å²) in [7, 11) is 4.19. The zero-order chi connectivity index (χ0) is 16.1. The van der Waals surface area contributed by atoms with Crippen LogP contribution in [0.4, 0.5) is 0 Å². The van der Waals surface area contributed by atoms with Crippen LogP contribution in [0.2, 0.25) is 0 Å². The van der Waals surface area contributed by atoms with Crippen LogP contribution in [0.1, 0.15) is 6.42 Å². The van der Waals surface area contributed by atoms with Gasteiger partial charge in [-0.2, -0.15) is 5.10 Å². The molecule has 0 N–H and O–H groups in total. The molecule has 3 rings (SSSR count). The summed E-state index contributed by atoms with van der Waals surface area (Å²) in [6.07, 6.45) is 6.84. The maximum Gasteiger partial charge on any atom is 0.0923 e. The van der Waals surface area contributed by atoms with E-state index in [1.807, 2.05) is 16.9 Å². The predicted molar refractivity (Wildman–Crippen MR) is 94.1 cm³/mol. The monoisotopic (exact) mass is 306 g/mol. The van der Waals surface area contributed by atoms with Gasteiger partial charge in [-0.05, 0) is 50.8 Å². The van der Waals surface area contributed by atoms with Crippen LogP contribution in [0, 0.1) is 0 Å². The Morgan fingerprint density at radius 2 is 1.83 bits per heavy atom. The molecule has 118 valence electrons. The third-order valence-corrected chi connectivity index (χ3v) is 3.79. The first-order chi connectivity index (χ1) is 11.2. The third-order valence-electron chi connectivity index (χ3n) is 3.79. The largest absolute Gasteiger partial charge is 0.309 e. The Labute approximate surface area is 137 Å². The molecule has 23 heavy (non-hydrogen) atoms. The second-order valence-corrected chi connectivity index (χ2v) is 5.94. The predicted octanol–water partition coefficient (Wildman–Crippen LogP) is 3.56. The average molecular weight is 306 g/mol. The van der Waals surface area contributed by atoms with Crippen molar-refractivity contribution in [3.8, 4) is 22.4 Å². The van der Waals surface area contributed by atoms with Crippen molar-refractivity contribution in [2.75, 3.05) is 20.6 Å². The van der Waals surface area contributed by atoms with E-state index < -0.39 is 0 Å². The fraction of sp³-hybridized carbons (Fsp3) is 0.263. The molecule has 0 aliphatic heterocycles. The van der Waals surface area contributed by atoms with Crippen LogP contribution >= 0.6 is 0 Å². The summed E-state index contributed by atoms with van der Waals surface area (Å²) < 4.78 is 2.02. The van der Waals surface area contributed by atoms with E-state index in [-0.39, 0.29) is 0 Å². The van der Waals surface area contributed by atoms with Crippen LogP contribution in [0.15, 0.2) is 61.1 Å². The van der Waals surface area contributed by atoms with Gasteiger partial charge in [-0.3, -0.25) is 9.67 Å². The van der Waals surface area contributed by atoms with Crippen LogP contribution in [0.25, 0.3) is 22.4 Å². The van der Waals surface area contributed by atoms with Gasteiger partial charge in [0.2, 0.25) is 0 Å². The second-order valence-electron chi connectivity index (χ2n) is 5.94. The highest BCUT2D eigenvalue weighted by molar-refractivity contribution is 5.70. The molecule has 0 atom stereocenters. The van der Waals surface area contributed by atoms with Gasteiger partial charge < -0.3 is 4.90 Å². The molecule has 0 amide bonds. The molecule has 0 bridgehead atoms. The quantitative estimate of drug-likeness (QED) is 0.698. The van der Waals surface area contributed by atoms with Crippen LogP contribution in [0.3, 0.4) is 0 Å². The van der Waals surface area contributed by atoms with Crippen molar-refractivity contribution in [2.24, 2.45) is 0 Å². The molecule has 0 saturated carbocycles. The number of aromatic nitrogens is 3. The Balaban J connectivity index is 1.76. The first-order valence-electron chi connectivity index (χ1n) is 7.91. The number of rotatable bonds is 6. The van der Waals surface area contributed by atoms with Crippen LogP contribution in [-0.2, 0) is 6.54 Å². The molecule has 0 fully saturated rings. The number of pyridine rings is 1. The SMILES string of the molecule is CN(C)CCCn1ccc(-c2cccc(-c3cccnc3)c2)n1. The Bertz CT molecular complexity index is 747. The van der Waals surface area contributed by atoms with E-state index in [0.717, 1.165) is 41.9 Å². The lowest BCUT2D eigenvalue weighted by atomic mass is 10.0. The third kappa shape index (κ3) is 4.05. The number of benzene rings is 1. The molecule has 4 heteroatoms. The minimum atomic E-state index is 0.945. The standard InChI is InChI=1S/C19H22N4/c1-22(2)11-5-12-23-13-9-19(21-23)17-7-3-6-16(14-17)18-8-4-10-20-15-18/h3-4,6-10,13-15H,5,11-12H2,1-2H3. The molecule has 0 spiro atoms. The first-order valence-corrected chi connectivity index (χ1v) is 7.91.